The first-order valence-electron chi connectivity index (χ1n) is 10.9. The first-order valence-corrected chi connectivity index (χ1v) is 11.2. The Morgan fingerprint density at radius 1 is 1.00 bits per heavy atom. The lowest BCUT2D eigenvalue weighted by atomic mass is 9.86. The van der Waals surface area contributed by atoms with Crippen LogP contribution >= 0.6 is 11.6 Å². The van der Waals surface area contributed by atoms with Crippen LogP contribution in [-0.2, 0) is 21.5 Å². The fourth-order valence-corrected chi connectivity index (χ4v) is 3.50. The van der Waals surface area contributed by atoms with Gasteiger partial charge in [0.15, 0.2) is 6.61 Å². The Labute approximate surface area is 197 Å². The third-order valence-electron chi connectivity index (χ3n) is 5.01. The van der Waals surface area contributed by atoms with Gasteiger partial charge in [-0.05, 0) is 56.4 Å². The van der Waals surface area contributed by atoms with Gasteiger partial charge in [0, 0.05) is 17.1 Å². The van der Waals surface area contributed by atoms with Gasteiger partial charge in [-0.2, -0.15) is 0 Å². The van der Waals surface area contributed by atoms with Crippen molar-refractivity contribution in [3.63, 3.8) is 0 Å². The SMILES string of the molecule is C[C@H](C(=O)NC(C)(C)C)N(Cc1ccccc1Cl)C(=O)COc1ccccc1C(C)(C)C. The Balaban J connectivity index is 2.26. The fraction of sp³-hybridized carbons (Fsp3) is 0.462. The number of halogens is 1. The van der Waals surface area contributed by atoms with Crippen LogP contribution in [0, 0.1) is 0 Å². The van der Waals surface area contributed by atoms with E-state index in [2.05, 4.69) is 26.1 Å². The Bertz CT molecular complexity index is 945. The summed E-state index contributed by atoms with van der Waals surface area (Å²) in [7, 11) is 0. The molecule has 5 nitrogen and oxygen atoms in total. The first kappa shape index (κ1) is 25.7. The molecule has 2 rings (SSSR count). The van der Waals surface area contributed by atoms with Crippen molar-refractivity contribution in [3.05, 3.63) is 64.7 Å². The average molecular weight is 459 g/mol. The highest BCUT2D eigenvalue weighted by atomic mass is 35.5. The molecule has 0 spiro atoms. The number of rotatable bonds is 7. The van der Waals surface area contributed by atoms with Gasteiger partial charge in [0.2, 0.25) is 5.91 Å². The van der Waals surface area contributed by atoms with Gasteiger partial charge < -0.3 is 15.0 Å². The lowest BCUT2D eigenvalue weighted by molar-refractivity contribution is -0.142. The maximum Gasteiger partial charge on any atom is 0.261 e. The predicted molar refractivity (Wildman–Crippen MR) is 130 cm³/mol. The largest absolute Gasteiger partial charge is 0.483 e. The minimum atomic E-state index is -0.695. The van der Waals surface area contributed by atoms with Gasteiger partial charge in [-0.1, -0.05) is 68.8 Å². The molecule has 1 N–H and O–H groups in total. The number of nitrogens with zero attached hydrogens (tertiary/aromatic N) is 1. The van der Waals surface area contributed by atoms with E-state index in [1.807, 2.05) is 63.2 Å². The molecule has 2 amide bonds. The van der Waals surface area contributed by atoms with Crippen molar-refractivity contribution in [2.75, 3.05) is 6.61 Å². The lowest BCUT2D eigenvalue weighted by Gasteiger charge is -2.32. The first-order chi connectivity index (χ1) is 14.8. The van der Waals surface area contributed by atoms with E-state index in [9.17, 15) is 9.59 Å². The summed E-state index contributed by atoms with van der Waals surface area (Å²) >= 11 is 6.34. The monoisotopic (exact) mass is 458 g/mol. The Kier molecular flexibility index (Phi) is 8.35. The van der Waals surface area contributed by atoms with E-state index >= 15 is 0 Å². The molecule has 0 aliphatic carbocycles. The van der Waals surface area contributed by atoms with Crippen LogP contribution in [0.3, 0.4) is 0 Å². The fourth-order valence-electron chi connectivity index (χ4n) is 3.30. The van der Waals surface area contributed by atoms with Crippen LogP contribution in [0.1, 0.15) is 59.6 Å². The van der Waals surface area contributed by atoms with E-state index in [4.69, 9.17) is 16.3 Å². The maximum absolute atomic E-state index is 13.3. The molecule has 0 saturated carbocycles. The van der Waals surface area contributed by atoms with Crippen molar-refractivity contribution in [3.8, 4) is 5.75 Å². The second kappa shape index (κ2) is 10.4. The summed E-state index contributed by atoms with van der Waals surface area (Å²) in [6, 6.07) is 14.3. The average Bonchev–Trinajstić information content (AvgIpc) is 2.69. The van der Waals surface area contributed by atoms with E-state index in [-0.39, 0.29) is 30.4 Å². The quantitative estimate of drug-likeness (QED) is 0.608. The Hall–Kier alpha value is -2.53. The number of ether oxygens (including phenoxy) is 1. The number of carbonyl (C=O) groups excluding carboxylic acids is 2. The Morgan fingerprint density at radius 3 is 2.19 bits per heavy atom. The molecule has 6 heteroatoms. The molecule has 0 bridgehead atoms. The summed E-state index contributed by atoms with van der Waals surface area (Å²) in [5.41, 5.74) is 1.25. The molecule has 2 aromatic carbocycles. The molecule has 2 aromatic rings. The molecule has 0 saturated heterocycles. The van der Waals surface area contributed by atoms with Crippen molar-refractivity contribution in [2.24, 2.45) is 0 Å². The number of benzene rings is 2. The number of amides is 2. The van der Waals surface area contributed by atoms with Crippen molar-refractivity contribution in [1.29, 1.82) is 0 Å². The number of carbonyl (C=O) groups is 2. The normalized spacial score (nSPS) is 12.8. The van der Waals surface area contributed by atoms with E-state index in [0.717, 1.165) is 11.1 Å². The second-order valence-electron chi connectivity index (χ2n) is 10.1. The maximum atomic E-state index is 13.3. The smallest absolute Gasteiger partial charge is 0.261 e. The zero-order valence-corrected chi connectivity index (χ0v) is 20.9. The predicted octanol–water partition coefficient (Wildman–Crippen LogP) is 5.35. The highest BCUT2D eigenvalue weighted by Crippen LogP contribution is 2.31. The highest BCUT2D eigenvalue weighted by Gasteiger charge is 2.29. The number of hydrogen-bond donors (Lipinski definition) is 1. The summed E-state index contributed by atoms with van der Waals surface area (Å²) in [4.78, 5) is 27.7. The van der Waals surface area contributed by atoms with Crippen molar-refractivity contribution in [2.45, 2.75) is 72.0 Å². The summed E-state index contributed by atoms with van der Waals surface area (Å²) in [5, 5.41) is 3.50. The molecule has 0 aromatic heterocycles. The van der Waals surface area contributed by atoms with Crippen LogP contribution in [0.2, 0.25) is 5.02 Å². The molecule has 0 aliphatic rings. The standard InChI is InChI=1S/C26H35ClN2O3/c1-18(24(31)28-26(5,6)7)29(16-19-12-8-10-14-21(19)27)23(30)17-32-22-15-11-9-13-20(22)25(2,3)4/h8-15,18H,16-17H2,1-7H3,(H,28,31)/t18-/m1/s1. The van der Waals surface area contributed by atoms with E-state index in [1.54, 1.807) is 13.0 Å². The molecule has 0 fully saturated rings. The number of hydrogen-bond acceptors (Lipinski definition) is 3. The molecular formula is C26H35ClN2O3. The summed E-state index contributed by atoms with van der Waals surface area (Å²) in [6.45, 7) is 13.8. The summed E-state index contributed by atoms with van der Waals surface area (Å²) in [5.74, 6) is 0.149. The molecule has 174 valence electrons. The Morgan fingerprint density at radius 2 is 1.59 bits per heavy atom. The van der Waals surface area contributed by atoms with Crippen molar-refractivity contribution >= 4 is 23.4 Å². The van der Waals surface area contributed by atoms with Gasteiger partial charge in [-0.25, -0.2) is 0 Å². The molecule has 0 radical (unpaired) electrons. The van der Waals surface area contributed by atoms with Crippen molar-refractivity contribution in [1.82, 2.24) is 10.2 Å². The van der Waals surface area contributed by atoms with E-state index in [0.29, 0.717) is 10.8 Å². The van der Waals surface area contributed by atoms with Crippen LogP contribution in [-0.4, -0.2) is 34.9 Å². The molecule has 0 heterocycles. The van der Waals surface area contributed by atoms with Crippen molar-refractivity contribution < 1.29 is 14.3 Å². The van der Waals surface area contributed by atoms with E-state index in [1.165, 1.54) is 4.90 Å². The van der Waals surface area contributed by atoms with Crippen LogP contribution in [0.15, 0.2) is 48.5 Å². The van der Waals surface area contributed by atoms with Gasteiger partial charge in [-0.15, -0.1) is 0 Å². The van der Waals surface area contributed by atoms with E-state index < -0.39 is 11.6 Å². The molecule has 0 aliphatic heterocycles. The summed E-state index contributed by atoms with van der Waals surface area (Å²) < 4.78 is 5.95. The zero-order chi connectivity index (χ0) is 24.1. The molecule has 1 atom stereocenters. The van der Waals surface area contributed by atoms with Crippen LogP contribution in [0.25, 0.3) is 0 Å². The summed E-state index contributed by atoms with van der Waals surface area (Å²) in [6.07, 6.45) is 0. The van der Waals surface area contributed by atoms with Gasteiger partial charge >= 0.3 is 0 Å². The molecule has 0 unspecified atom stereocenters. The van der Waals surface area contributed by atoms with Gasteiger partial charge in [0.1, 0.15) is 11.8 Å². The topological polar surface area (TPSA) is 58.6 Å². The third-order valence-corrected chi connectivity index (χ3v) is 5.38. The van der Waals surface area contributed by atoms with Gasteiger partial charge in [-0.3, -0.25) is 9.59 Å². The van der Waals surface area contributed by atoms with Gasteiger partial charge in [0.25, 0.3) is 5.91 Å². The third kappa shape index (κ3) is 7.27. The minimum Gasteiger partial charge on any atom is -0.483 e. The number of para-hydroxylation sites is 1. The highest BCUT2D eigenvalue weighted by molar-refractivity contribution is 6.31. The lowest BCUT2D eigenvalue weighted by Crippen LogP contribution is -2.53. The van der Waals surface area contributed by atoms with Gasteiger partial charge in [0.05, 0.1) is 0 Å². The molecule has 32 heavy (non-hydrogen) atoms. The van der Waals surface area contributed by atoms with Crippen LogP contribution in [0.5, 0.6) is 5.75 Å². The second-order valence-corrected chi connectivity index (χ2v) is 10.5. The minimum absolute atomic E-state index is 0.128. The number of nitrogens with one attached hydrogen (secondary N) is 1. The van der Waals surface area contributed by atoms with Crippen LogP contribution < -0.4 is 10.1 Å². The molecular weight excluding hydrogens is 424 g/mol. The van der Waals surface area contributed by atoms with Crippen LogP contribution in [0.4, 0.5) is 0 Å². The zero-order valence-electron chi connectivity index (χ0n) is 20.2.